The average Bonchev–Trinajstić information content (AvgIpc) is 3.24. The molecule has 0 spiro atoms. The largest absolute Gasteiger partial charge is 0.379 e. The number of aromatic amines is 1. The smallest absolute Gasteiger partial charge is 0.170 e. The molecule has 2 aliphatic heterocycles. The van der Waals surface area contributed by atoms with Crippen molar-refractivity contribution in [3.63, 3.8) is 0 Å². The van der Waals surface area contributed by atoms with E-state index in [2.05, 4.69) is 50.2 Å². The van der Waals surface area contributed by atoms with E-state index < -0.39 is 0 Å². The molecule has 26 heavy (non-hydrogen) atoms. The van der Waals surface area contributed by atoms with Gasteiger partial charge in [0.15, 0.2) is 5.11 Å². The predicted octanol–water partition coefficient (Wildman–Crippen LogP) is 2.02. The number of aromatic nitrogens is 2. The Morgan fingerprint density at radius 2 is 2.04 bits per heavy atom. The lowest BCUT2D eigenvalue weighted by molar-refractivity contribution is 0.0350. The molecule has 2 aromatic heterocycles. The van der Waals surface area contributed by atoms with Crippen LogP contribution in [0.2, 0.25) is 0 Å². The van der Waals surface area contributed by atoms with Crippen LogP contribution in [0, 0.1) is 6.92 Å². The Kier molecular flexibility index (Phi) is 5.19. The van der Waals surface area contributed by atoms with Crippen molar-refractivity contribution in [2.75, 3.05) is 39.4 Å². The third kappa shape index (κ3) is 3.60. The van der Waals surface area contributed by atoms with Crippen LogP contribution in [-0.4, -0.2) is 64.3 Å². The molecule has 4 heterocycles. The van der Waals surface area contributed by atoms with Crippen LogP contribution in [0.4, 0.5) is 0 Å². The summed E-state index contributed by atoms with van der Waals surface area (Å²) in [5.41, 5.74) is 3.35. The van der Waals surface area contributed by atoms with E-state index in [1.807, 2.05) is 18.3 Å². The first-order chi connectivity index (χ1) is 12.7. The number of thiocarbonyl (C=S) groups is 1. The van der Waals surface area contributed by atoms with E-state index >= 15 is 0 Å². The van der Waals surface area contributed by atoms with Crippen LogP contribution in [0.3, 0.4) is 0 Å². The zero-order valence-corrected chi connectivity index (χ0v) is 15.8. The van der Waals surface area contributed by atoms with Crippen LogP contribution >= 0.6 is 12.2 Å². The Hall–Kier alpha value is -1.96. The van der Waals surface area contributed by atoms with Gasteiger partial charge in [0.1, 0.15) is 0 Å². The van der Waals surface area contributed by atoms with Crippen molar-refractivity contribution in [1.29, 1.82) is 0 Å². The van der Waals surface area contributed by atoms with Gasteiger partial charge in [-0.1, -0.05) is 6.07 Å². The van der Waals surface area contributed by atoms with Gasteiger partial charge in [-0.25, -0.2) is 0 Å². The molecule has 2 aliphatic rings. The summed E-state index contributed by atoms with van der Waals surface area (Å²) in [4.78, 5) is 12.8. The molecule has 0 aliphatic carbocycles. The van der Waals surface area contributed by atoms with Gasteiger partial charge < -0.3 is 19.9 Å². The predicted molar refractivity (Wildman–Crippen MR) is 105 cm³/mol. The number of hydrogen-bond donors (Lipinski definition) is 2. The van der Waals surface area contributed by atoms with Crippen molar-refractivity contribution < 1.29 is 4.74 Å². The number of pyridine rings is 1. The molecule has 0 bridgehead atoms. The number of rotatable bonds is 5. The van der Waals surface area contributed by atoms with Crippen molar-refractivity contribution >= 4 is 17.3 Å². The lowest BCUT2D eigenvalue weighted by atomic mass is 10.0. The quantitative estimate of drug-likeness (QED) is 0.785. The fraction of sp³-hybridized carbons (Fsp3) is 0.474. The van der Waals surface area contributed by atoms with Crippen molar-refractivity contribution in [3.05, 3.63) is 53.6 Å². The highest BCUT2D eigenvalue weighted by Gasteiger charge is 2.40. The van der Waals surface area contributed by atoms with Crippen molar-refractivity contribution in [3.8, 4) is 0 Å². The number of morpholine rings is 1. The summed E-state index contributed by atoms with van der Waals surface area (Å²) >= 11 is 5.70. The van der Waals surface area contributed by atoms with E-state index in [4.69, 9.17) is 17.0 Å². The van der Waals surface area contributed by atoms with Gasteiger partial charge in [0.05, 0.1) is 31.0 Å². The minimum Gasteiger partial charge on any atom is -0.379 e. The maximum atomic E-state index is 5.70. The molecule has 2 N–H and O–H groups in total. The number of hydrogen-bond acceptors (Lipinski definition) is 4. The minimum absolute atomic E-state index is 0.0476. The molecular formula is C19H25N5OS. The van der Waals surface area contributed by atoms with Crippen molar-refractivity contribution in [2.24, 2.45) is 0 Å². The van der Waals surface area contributed by atoms with E-state index in [9.17, 15) is 0 Å². The summed E-state index contributed by atoms with van der Waals surface area (Å²) in [7, 11) is 0. The van der Waals surface area contributed by atoms with Crippen LogP contribution in [-0.2, 0) is 4.74 Å². The second-order valence-electron chi connectivity index (χ2n) is 6.87. The Labute approximate surface area is 159 Å². The Morgan fingerprint density at radius 1 is 1.19 bits per heavy atom. The van der Waals surface area contributed by atoms with Crippen molar-refractivity contribution in [1.82, 2.24) is 25.1 Å². The molecule has 6 nitrogen and oxygen atoms in total. The molecule has 4 rings (SSSR count). The monoisotopic (exact) mass is 371 g/mol. The van der Waals surface area contributed by atoms with Gasteiger partial charge in [0.25, 0.3) is 0 Å². The summed E-state index contributed by atoms with van der Waals surface area (Å²) in [5.74, 6) is 0. The second-order valence-corrected chi connectivity index (χ2v) is 7.26. The Bertz CT molecular complexity index is 743. The maximum absolute atomic E-state index is 5.70. The van der Waals surface area contributed by atoms with Gasteiger partial charge in [-0.3, -0.25) is 9.88 Å². The molecule has 2 aromatic rings. The maximum Gasteiger partial charge on any atom is 0.170 e. The Morgan fingerprint density at radius 3 is 2.73 bits per heavy atom. The molecule has 0 unspecified atom stereocenters. The summed E-state index contributed by atoms with van der Waals surface area (Å²) in [6.45, 7) is 7.57. The van der Waals surface area contributed by atoms with Crippen molar-refractivity contribution in [2.45, 2.75) is 19.0 Å². The zero-order chi connectivity index (χ0) is 17.9. The molecule has 2 saturated heterocycles. The van der Waals surface area contributed by atoms with Crippen LogP contribution in [0.15, 0.2) is 36.5 Å². The first-order valence-electron chi connectivity index (χ1n) is 9.16. The molecule has 138 valence electrons. The molecule has 0 amide bonds. The third-order valence-electron chi connectivity index (χ3n) is 5.13. The van der Waals surface area contributed by atoms with Crippen LogP contribution < -0.4 is 5.32 Å². The van der Waals surface area contributed by atoms with Gasteiger partial charge in [0.2, 0.25) is 0 Å². The number of H-pyrrole nitrogens is 1. The second kappa shape index (κ2) is 7.73. The minimum atomic E-state index is 0.0476. The summed E-state index contributed by atoms with van der Waals surface area (Å²) in [6, 6.07) is 10.5. The highest BCUT2D eigenvalue weighted by Crippen LogP contribution is 2.37. The molecular weight excluding hydrogens is 346 g/mol. The molecule has 2 atom stereocenters. The van der Waals surface area contributed by atoms with Gasteiger partial charge in [0, 0.05) is 43.8 Å². The third-order valence-corrected chi connectivity index (χ3v) is 5.48. The molecule has 2 fully saturated rings. The van der Waals surface area contributed by atoms with Gasteiger partial charge in [-0.15, -0.1) is 0 Å². The van der Waals surface area contributed by atoms with Gasteiger partial charge >= 0.3 is 0 Å². The van der Waals surface area contributed by atoms with E-state index in [-0.39, 0.29) is 12.1 Å². The molecule has 0 aromatic carbocycles. The highest BCUT2D eigenvalue weighted by molar-refractivity contribution is 7.80. The van der Waals surface area contributed by atoms with Crippen LogP contribution in [0.25, 0.3) is 0 Å². The number of aryl methyl sites for hydroxylation is 1. The summed E-state index contributed by atoms with van der Waals surface area (Å²) in [5, 5.41) is 4.29. The first-order valence-corrected chi connectivity index (χ1v) is 9.57. The van der Waals surface area contributed by atoms with Crippen LogP contribution in [0.5, 0.6) is 0 Å². The van der Waals surface area contributed by atoms with E-state index in [1.165, 1.54) is 5.69 Å². The summed E-state index contributed by atoms with van der Waals surface area (Å²) < 4.78 is 5.45. The highest BCUT2D eigenvalue weighted by atomic mass is 32.1. The number of ether oxygens (including phenoxy) is 1. The Balaban J connectivity index is 1.57. The molecule has 0 radical (unpaired) electrons. The fourth-order valence-electron chi connectivity index (χ4n) is 3.76. The van der Waals surface area contributed by atoms with Gasteiger partial charge in [-0.2, -0.15) is 0 Å². The SMILES string of the molecule is Cc1ccc([C@@H]2[C@@H](c3ccccn3)NC(=S)N2CCN2CCOCC2)[nH]1. The standard InChI is InChI=1S/C19H25N5OS/c1-14-5-6-16(21-14)18-17(15-4-2-3-7-20-15)22-19(26)24(18)9-8-23-10-12-25-13-11-23/h2-7,17-18,21H,8-13H2,1H3,(H,22,26)/t17-,18-/m1/s1. The molecule has 7 heteroatoms. The topological polar surface area (TPSA) is 56.4 Å². The van der Waals surface area contributed by atoms with E-state index in [0.29, 0.717) is 0 Å². The van der Waals surface area contributed by atoms with Crippen LogP contribution in [0.1, 0.15) is 29.2 Å². The fourth-order valence-corrected chi connectivity index (χ4v) is 4.09. The average molecular weight is 372 g/mol. The first kappa shape index (κ1) is 17.5. The zero-order valence-electron chi connectivity index (χ0n) is 15.0. The van der Waals surface area contributed by atoms with Gasteiger partial charge in [-0.05, 0) is 43.4 Å². The molecule has 0 saturated carbocycles. The van der Waals surface area contributed by atoms with E-state index in [0.717, 1.165) is 55.9 Å². The number of nitrogens with one attached hydrogen (secondary N) is 2. The lowest BCUT2D eigenvalue weighted by Gasteiger charge is -2.31. The van der Waals surface area contributed by atoms with E-state index in [1.54, 1.807) is 0 Å². The lowest BCUT2D eigenvalue weighted by Crippen LogP contribution is -2.42. The normalized spacial score (nSPS) is 24.0. The summed E-state index contributed by atoms with van der Waals surface area (Å²) in [6.07, 6.45) is 1.84. The number of nitrogens with zero attached hydrogens (tertiary/aromatic N) is 3.